The Kier molecular flexibility index (Phi) is 14.1. The largest absolute Gasteiger partial charge is 0.478 e. The Morgan fingerprint density at radius 1 is 1.03 bits per heavy atom. The van der Waals surface area contributed by atoms with Crippen LogP contribution < -0.4 is 16.8 Å². The van der Waals surface area contributed by atoms with Gasteiger partial charge in [0.2, 0.25) is 0 Å². The van der Waals surface area contributed by atoms with Crippen LogP contribution >= 0.6 is 0 Å². The molecule has 0 aliphatic rings. The number of guanidine groups is 1. The first-order valence-electron chi connectivity index (χ1n) is 13.4. The summed E-state index contributed by atoms with van der Waals surface area (Å²) in [4.78, 5) is 29.7. The van der Waals surface area contributed by atoms with Crippen molar-refractivity contribution in [1.82, 2.24) is 4.98 Å². The molecule has 206 valence electrons. The van der Waals surface area contributed by atoms with Crippen molar-refractivity contribution in [1.29, 1.82) is 0 Å². The maximum Gasteiger partial charge on any atom is 0.328 e. The number of hydrogen-bond acceptors (Lipinski definition) is 4. The minimum Gasteiger partial charge on any atom is -0.478 e. The first-order valence-corrected chi connectivity index (χ1v) is 13.4. The van der Waals surface area contributed by atoms with Crippen LogP contribution in [0.1, 0.15) is 63.9 Å². The van der Waals surface area contributed by atoms with E-state index in [1.807, 2.05) is 43.5 Å². The number of aliphatic carboxylic acids is 1. The maximum absolute atomic E-state index is 11.6. The van der Waals surface area contributed by atoms with Crippen molar-refractivity contribution in [2.45, 2.75) is 64.3 Å². The van der Waals surface area contributed by atoms with Crippen LogP contribution in [0.3, 0.4) is 0 Å². The highest BCUT2D eigenvalue weighted by molar-refractivity contribution is 5.81. The van der Waals surface area contributed by atoms with E-state index in [9.17, 15) is 14.7 Å². The summed E-state index contributed by atoms with van der Waals surface area (Å²) in [5.41, 5.74) is 12.8. The minimum atomic E-state index is -1.03. The summed E-state index contributed by atoms with van der Waals surface area (Å²) in [5.74, 6) is 0.149. The molecule has 0 fully saturated rings. The van der Waals surface area contributed by atoms with Crippen molar-refractivity contribution < 1.29 is 14.7 Å². The molecule has 8 nitrogen and oxygen atoms in total. The van der Waals surface area contributed by atoms with Gasteiger partial charge in [-0.1, -0.05) is 75.1 Å². The quantitative estimate of drug-likeness (QED) is 0.0552. The first-order chi connectivity index (χ1) is 18.4. The van der Waals surface area contributed by atoms with Crippen LogP contribution in [0.4, 0.5) is 5.82 Å². The third-order valence-electron chi connectivity index (χ3n) is 6.53. The molecule has 1 aromatic carbocycles. The van der Waals surface area contributed by atoms with Crippen molar-refractivity contribution in [3.8, 4) is 0 Å². The number of allylic oxidation sites excluding steroid dienone is 1. The number of carboxylic acid groups (broad SMARTS) is 1. The van der Waals surface area contributed by atoms with Gasteiger partial charge >= 0.3 is 5.97 Å². The van der Waals surface area contributed by atoms with Crippen molar-refractivity contribution in [3.05, 3.63) is 72.0 Å². The molecule has 0 radical (unpaired) electrons. The number of anilines is 1. The predicted molar refractivity (Wildman–Crippen MR) is 156 cm³/mol. The number of nitrogens with two attached hydrogens (primary N) is 2. The topological polar surface area (TPSA) is 147 Å². The fourth-order valence-corrected chi connectivity index (χ4v) is 4.38. The number of benzene rings is 1. The Hall–Kier alpha value is -3.81. The van der Waals surface area contributed by atoms with Crippen LogP contribution in [0.5, 0.6) is 0 Å². The summed E-state index contributed by atoms with van der Waals surface area (Å²) in [6.45, 7) is 2.08. The van der Waals surface area contributed by atoms with Crippen LogP contribution in [0, 0.1) is 11.8 Å². The third-order valence-corrected chi connectivity index (χ3v) is 6.53. The number of unbranched alkanes of at least 4 members (excludes halogenated alkanes) is 3. The van der Waals surface area contributed by atoms with Crippen LogP contribution in [0.15, 0.2) is 71.4 Å². The summed E-state index contributed by atoms with van der Waals surface area (Å²) in [7, 11) is 0. The van der Waals surface area contributed by atoms with Gasteiger partial charge in [0.1, 0.15) is 12.1 Å². The summed E-state index contributed by atoms with van der Waals surface area (Å²) in [6, 6.07) is 13.8. The normalized spacial score (nSPS) is 14.1. The molecule has 0 aliphatic heterocycles. The van der Waals surface area contributed by atoms with Gasteiger partial charge in [0.25, 0.3) is 0 Å². The molecular weight excluding hydrogens is 478 g/mol. The molecule has 2 rings (SSSR count). The highest BCUT2D eigenvalue weighted by Crippen LogP contribution is 2.24. The van der Waals surface area contributed by atoms with Crippen LogP contribution in [0.25, 0.3) is 6.08 Å². The summed E-state index contributed by atoms with van der Waals surface area (Å²) < 4.78 is 0. The van der Waals surface area contributed by atoms with Crippen molar-refractivity contribution in [2.24, 2.45) is 28.3 Å². The second-order valence-corrected chi connectivity index (χ2v) is 9.79. The smallest absolute Gasteiger partial charge is 0.328 e. The highest BCUT2D eigenvalue weighted by atomic mass is 16.4. The number of aromatic nitrogens is 1. The summed E-state index contributed by atoms with van der Waals surface area (Å²) >= 11 is 0. The number of carbonyl (C=O) groups is 2. The maximum atomic E-state index is 11.6. The van der Waals surface area contributed by atoms with Gasteiger partial charge in [-0.3, -0.25) is 0 Å². The fourth-order valence-electron chi connectivity index (χ4n) is 4.38. The average molecular weight is 522 g/mol. The van der Waals surface area contributed by atoms with E-state index in [1.54, 1.807) is 0 Å². The van der Waals surface area contributed by atoms with E-state index in [1.165, 1.54) is 6.08 Å². The number of carbonyl (C=O) groups excluding carboxylic acids is 1. The van der Waals surface area contributed by atoms with Gasteiger partial charge in [0.05, 0.1) is 12.6 Å². The lowest BCUT2D eigenvalue weighted by atomic mass is 9.90. The summed E-state index contributed by atoms with van der Waals surface area (Å²) in [5, 5.41) is 12.9. The number of rotatable bonds is 19. The molecule has 38 heavy (non-hydrogen) atoms. The molecule has 3 atom stereocenters. The number of H-pyrrole nitrogens is 1. The van der Waals surface area contributed by atoms with Gasteiger partial charge in [-0.25, -0.2) is 9.79 Å². The molecule has 7 N–H and O–H groups in total. The monoisotopic (exact) mass is 521 g/mol. The Bertz CT molecular complexity index is 1030. The minimum absolute atomic E-state index is 0.0777. The number of aliphatic imine (C=N–C) groups is 1. The van der Waals surface area contributed by atoms with Gasteiger partial charge in [-0.15, -0.1) is 0 Å². The molecule has 1 heterocycles. The number of hydrogen-bond donors (Lipinski definition) is 5. The lowest BCUT2D eigenvalue weighted by molar-refractivity contribution is -0.131. The van der Waals surface area contributed by atoms with E-state index in [4.69, 9.17) is 11.5 Å². The lowest BCUT2D eigenvalue weighted by Gasteiger charge is -2.23. The number of carboxylic acids is 1. The number of nitrogens with one attached hydrogen (secondary N) is 2. The Labute approximate surface area is 226 Å². The van der Waals surface area contributed by atoms with Gasteiger partial charge in [-0.05, 0) is 54.9 Å². The summed E-state index contributed by atoms with van der Waals surface area (Å²) in [6.07, 6.45) is 16.4. The standard InChI is InChI=1S/C30H43N5O3/c1-23(22-36)10-5-2-3-6-13-25(16-15-24-11-7-4-8-12-24)17-18-27(35-28-14-9-19-33-28)26(20-29(37)38)21-34-30(31)32/h4,7-9,11-12,14-16,19-20,22-23,25,27,33,35H,2-3,5-6,10,13,17-18,21H2,1H3,(H,37,38)(H4,31,32,34)/b16-15+,26-20+/t23-,25+,27+/m0/s1. The average Bonchev–Trinajstić information content (AvgIpc) is 3.42. The predicted octanol–water partition coefficient (Wildman–Crippen LogP) is 5.37. The molecule has 0 aliphatic carbocycles. The molecule has 0 unspecified atom stereocenters. The van der Waals surface area contributed by atoms with E-state index in [0.717, 1.165) is 62.6 Å². The molecule has 0 bridgehead atoms. The molecule has 0 saturated heterocycles. The van der Waals surface area contributed by atoms with Crippen LogP contribution in [0.2, 0.25) is 0 Å². The van der Waals surface area contributed by atoms with Crippen molar-refractivity contribution in [2.75, 3.05) is 11.9 Å². The molecule has 1 aromatic heterocycles. The van der Waals surface area contributed by atoms with Gasteiger partial charge in [0.15, 0.2) is 5.96 Å². The number of nitrogens with zero attached hydrogens (tertiary/aromatic N) is 1. The fraction of sp³-hybridized carbons (Fsp3) is 0.433. The lowest BCUT2D eigenvalue weighted by Crippen LogP contribution is -2.28. The Morgan fingerprint density at radius 3 is 2.39 bits per heavy atom. The zero-order chi connectivity index (χ0) is 27.6. The van der Waals surface area contributed by atoms with Crippen molar-refractivity contribution >= 4 is 30.1 Å². The van der Waals surface area contributed by atoms with Crippen LogP contribution in [-0.4, -0.2) is 40.9 Å². The van der Waals surface area contributed by atoms with E-state index < -0.39 is 5.97 Å². The molecular formula is C30H43N5O3. The molecule has 0 saturated carbocycles. The van der Waals surface area contributed by atoms with E-state index >= 15 is 0 Å². The zero-order valence-electron chi connectivity index (χ0n) is 22.4. The second kappa shape index (κ2) is 17.6. The van der Waals surface area contributed by atoms with Crippen molar-refractivity contribution in [3.63, 3.8) is 0 Å². The molecule has 2 aromatic rings. The third kappa shape index (κ3) is 12.9. The van der Waals surface area contributed by atoms with Gasteiger partial charge in [0, 0.05) is 18.2 Å². The van der Waals surface area contributed by atoms with E-state index in [2.05, 4.69) is 39.6 Å². The Balaban J connectivity index is 2.12. The first kappa shape index (κ1) is 30.4. The zero-order valence-corrected chi connectivity index (χ0v) is 22.4. The van der Waals surface area contributed by atoms with Gasteiger partial charge < -0.3 is 31.7 Å². The van der Waals surface area contributed by atoms with E-state index in [-0.39, 0.29) is 24.5 Å². The molecule has 0 spiro atoms. The van der Waals surface area contributed by atoms with E-state index in [0.29, 0.717) is 17.9 Å². The van der Waals surface area contributed by atoms with Gasteiger partial charge in [-0.2, -0.15) is 0 Å². The number of aromatic amines is 1. The highest BCUT2D eigenvalue weighted by Gasteiger charge is 2.18. The molecule has 8 heteroatoms. The Morgan fingerprint density at radius 2 is 1.76 bits per heavy atom. The second-order valence-electron chi connectivity index (χ2n) is 9.79. The van der Waals surface area contributed by atoms with Crippen LogP contribution in [-0.2, 0) is 9.59 Å². The SMILES string of the molecule is C[C@H](C=O)CCCCCC[C@H](/C=C/c1ccccc1)CC[C@@H](Nc1ccc[nH]1)/C(=C/C(=O)O)CN=C(N)N. The molecule has 0 amide bonds. The number of aldehydes is 1.